The average molecular weight is 352 g/mol. The molecule has 1 aromatic heterocycles. The van der Waals surface area contributed by atoms with Crippen LogP contribution in [-0.4, -0.2) is 20.6 Å². The van der Waals surface area contributed by atoms with Crippen LogP contribution in [0.25, 0.3) is 0 Å². The van der Waals surface area contributed by atoms with Crippen molar-refractivity contribution < 1.29 is 13.2 Å². The first-order valence-electron chi connectivity index (χ1n) is 7.23. The maximum Gasteiger partial charge on any atom is 0.261 e. The fraction of sp³-hybridized carbons (Fsp3) is 0.312. The third-order valence-corrected chi connectivity index (χ3v) is 5.06. The summed E-state index contributed by atoms with van der Waals surface area (Å²) in [5, 5.41) is 2.84. The lowest BCUT2D eigenvalue weighted by molar-refractivity contribution is 0.0955. The van der Waals surface area contributed by atoms with Gasteiger partial charge in [-0.15, -0.1) is 11.3 Å². The summed E-state index contributed by atoms with van der Waals surface area (Å²) in [7, 11) is -3.36. The van der Waals surface area contributed by atoms with Crippen molar-refractivity contribution in [2.75, 3.05) is 11.0 Å². The van der Waals surface area contributed by atoms with Gasteiger partial charge in [0.1, 0.15) is 0 Å². The van der Waals surface area contributed by atoms with Crippen LogP contribution in [0.5, 0.6) is 0 Å². The van der Waals surface area contributed by atoms with E-state index in [0.29, 0.717) is 10.6 Å². The summed E-state index contributed by atoms with van der Waals surface area (Å²) in [6, 6.07) is 8.92. The van der Waals surface area contributed by atoms with Crippen LogP contribution in [0.3, 0.4) is 0 Å². The van der Waals surface area contributed by atoms with Crippen molar-refractivity contribution >= 4 is 33.0 Å². The molecule has 0 unspecified atom stereocenters. The molecule has 124 valence electrons. The molecule has 2 aromatic rings. The number of nitrogens with one attached hydrogen (secondary N) is 2. The summed E-state index contributed by atoms with van der Waals surface area (Å²) in [5.41, 5.74) is 2.38. The Bertz CT molecular complexity index is 810. The second kappa shape index (κ2) is 7.14. The molecule has 1 amide bonds. The van der Waals surface area contributed by atoms with E-state index in [1.807, 2.05) is 13.0 Å². The summed E-state index contributed by atoms with van der Waals surface area (Å²) in [6.45, 7) is 4.32. The highest BCUT2D eigenvalue weighted by Crippen LogP contribution is 2.22. The molecule has 0 saturated carbocycles. The molecule has 2 rings (SSSR count). The molecule has 23 heavy (non-hydrogen) atoms. The largest absolute Gasteiger partial charge is 0.347 e. The fourth-order valence-electron chi connectivity index (χ4n) is 2.22. The van der Waals surface area contributed by atoms with E-state index < -0.39 is 10.0 Å². The van der Waals surface area contributed by atoms with E-state index >= 15 is 0 Å². The summed E-state index contributed by atoms with van der Waals surface area (Å²) in [6.07, 6.45) is 2.00. The topological polar surface area (TPSA) is 75.3 Å². The molecular weight excluding hydrogens is 332 g/mol. The van der Waals surface area contributed by atoms with Gasteiger partial charge < -0.3 is 5.32 Å². The molecule has 0 spiro atoms. The van der Waals surface area contributed by atoms with E-state index in [1.165, 1.54) is 16.9 Å². The van der Waals surface area contributed by atoms with Crippen molar-refractivity contribution in [1.29, 1.82) is 0 Å². The third-order valence-electron chi connectivity index (χ3n) is 3.38. The SMILES string of the molecule is CCc1cc(C(=O)NCc2ccccc2NS(C)(=O)=O)sc1C. The first kappa shape index (κ1) is 17.5. The molecule has 0 aliphatic rings. The first-order chi connectivity index (χ1) is 10.8. The summed E-state index contributed by atoms with van der Waals surface area (Å²) >= 11 is 1.47. The van der Waals surface area contributed by atoms with Crippen LogP contribution in [0.4, 0.5) is 5.69 Å². The van der Waals surface area contributed by atoms with E-state index in [9.17, 15) is 13.2 Å². The highest BCUT2D eigenvalue weighted by Gasteiger charge is 2.13. The summed E-state index contributed by atoms with van der Waals surface area (Å²) < 4.78 is 25.2. The van der Waals surface area contributed by atoms with Crippen LogP contribution >= 0.6 is 11.3 Å². The third kappa shape index (κ3) is 4.80. The molecule has 7 heteroatoms. The molecule has 1 heterocycles. The predicted molar refractivity (Wildman–Crippen MR) is 94.5 cm³/mol. The number of carbonyl (C=O) groups is 1. The molecule has 0 radical (unpaired) electrons. The van der Waals surface area contributed by atoms with Crippen molar-refractivity contribution in [1.82, 2.24) is 5.32 Å². The van der Waals surface area contributed by atoms with Crippen molar-refractivity contribution in [2.45, 2.75) is 26.8 Å². The number of anilines is 1. The minimum absolute atomic E-state index is 0.146. The zero-order valence-electron chi connectivity index (χ0n) is 13.3. The van der Waals surface area contributed by atoms with E-state index in [1.54, 1.807) is 24.3 Å². The second-order valence-corrected chi connectivity index (χ2v) is 8.26. The van der Waals surface area contributed by atoms with Gasteiger partial charge in [-0.3, -0.25) is 9.52 Å². The number of rotatable bonds is 6. The van der Waals surface area contributed by atoms with E-state index in [0.717, 1.165) is 23.1 Å². The van der Waals surface area contributed by atoms with Gasteiger partial charge in [0, 0.05) is 11.4 Å². The Morgan fingerprint density at radius 3 is 2.52 bits per heavy atom. The number of amides is 1. The average Bonchev–Trinajstić information content (AvgIpc) is 2.85. The zero-order chi connectivity index (χ0) is 17.0. The Hall–Kier alpha value is -1.86. The van der Waals surface area contributed by atoms with Gasteiger partial charge >= 0.3 is 0 Å². The van der Waals surface area contributed by atoms with Gasteiger partial charge in [0.2, 0.25) is 10.0 Å². The molecule has 5 nitrogen and oxygen atoms in total. The Kier molecular flexibility index (Phi) is 5.43. The molecule has 0 aliphatic heterocycles. The van der Waals surface area contributed by atoms with Gasteiger partial charge in [0.15, 0.2) is 0 Å². The van der Waals surface area contributed by atoms with Gasteiger partial charge in [-0.2, -0.15) is 0 Å². The number of carbonyl (C=O) groups excluding carboxylic acids is 1. The molecule has 0 saturated heterocycles. The van der Waals surface area contributed by atoms with E-state index in [-0.39, 0.29) is 12.5 Å². The number of hydrogen-bond donors (Lipinski definition) is 2. The Morgan fingerprint density at radius 1 is 1.22 bits per heavy atom. The minimum atomic E-state index is -3.36. The number of para-hydroxylation sites is 1. The van der Waals surface area contributed by atoms with Crippen molar-refractivity contribution in [3.63, 3.8) is 0 Å². The maximum atomic E-state index is 12.3. The maximum absolute atomic E-state index is 12.3. The van der Waals surface area contributed by atoms with Crippen molar-refractivity contribution in [3.05, 3.63) is 51.2 Å². The smallest absolute Gasteiger partial charge is 0.261 e. The second-order valence-electron chi connectivity index (χ2n) is 5.26. The Balaban J connectivity index is 2.10. The lowest BCUT2D eigenvalue weighted by Gasteiger charge is -2.11. The van der Waals surface area contributed by atoms with Gasteiger partial charge in [0.25, 0.3) is 5.91 Å². The fourth-order valence-corrected chi connectivity index (χ4v) is 3.85. The van der Waals surface area contributed by atoms with Crippen LogP contribution < -0.4 is 10.0 Å². The normalized spacial score (nSPS) is 11.3. The van der Waals surface area contributed by atoms with Crippen LogP contribution in [0.2, 0.25) is 0 Å². The van der Waals surface area contributed by atoms with Crippen LogP contribution in [0.15, 0.2) is 30.3 Å². The van der Waals surface area contributed by atoms with E-state index in [2.05, 4.69) is 17.0 Å². The summed E-state index contributed by atoms with van der Waals surface area (Å²) in [5.74, 6) is -0.146. The van der Waals surface area contributed by atoms with Gasteiger partial charge in [0.05, 0.1) is 16.8 Å². The van der Waals surface area contributed by atoms with Crippen LogP contribution in [-0.2, 0) is 23.0 Å². The van der Waals surface area contributed by atoms with Gasteiger partial charge in [-0.05, 0) is 36.6 Å². The molecule has 2 N–H and O–H groups in total. The highest BCUT2D eigenvalue weighted by molar-refractivity contribution is 7.92. The molecule has 0 bridgehead atoms. The highest BCUT2D eigenvalue weighted by atomic mass is 32.2. The molecule has 1 aromatic carbocycles. The predicted octanol–water partition coefficient (Wildman–Crippen LogP) is 2.92. The monoisotopic (exact) mass is 352 g/mol. The van der Waals surface area contributed by atoms with Crippen LogP contribution in [0.1, 0.15) is 32.6 Å². The number of hydrogen-bond acceptors (Lipinski definition) is 4. The molecule has 0 aliphatic carbocycles. The number of benzene rings is 1. The Morgan fingerprint density at radius 2 is 1.91 bits per heavy atom. The molecule has 0 fully saturated rings. The lowest BCUT2D eigenvalue weighted by Crippen LogP contribution is -2.23. The number of thiophene rings is 1. The molecule has 0 atom stereocenters. The Labute approximate surface area is 140 Å². The van der Waals surface area contributed by atoms with Gasteiger partial charge in [-0.1, -0.05) is 25.1 Å². The lowest BCUT2D eigenvalue weighted by atomic mass is 10.2. The van der Waals surface area contributed by atoms with Crippen molar-refractivity contribution in [3.8, 4) is 0 Å². The van der Waals surface area contributed by atoms with E-state index in [4.69, 9.17) is 0 Å². The zero-order valence-corrected chi connectivity index (χ0v) is 15.0. The van der Waals surface area contributed by atoms with Crippen molar-refractivity contribution in [2.24, 2.45) is 0 Å². The van der Waals surface area contributed by atoms with Gasteiger partial charge in [-0.25, -0.2) is 8.42 Å². The molecular formula is C16H20N2O3S2. The standard InChI is InChI=1S/C16H20N2O3S2/c1-4-12-9-15(22-11(12)2)16(19)17-10-13-7-5-6-8-14(13)18-23(3,20)21/h5-9,18H,4,10H2,1-3H3,(H,17,19). The summed E-state index contributed by atoms with van der Waals surface area (Å²) in [4.78, 5) is 14.1. The number of sulfonamides is 1. The van der Waals surface area contributed by atoms with Crippen LogP contribution in [0, 0.1) is 6.92 Å². The minimum Gasteiger partial charge on any atom is -0.347 e. The quantitative estimate of drug-likeness (QED) is 0.839. The first-order valence-corrected chi connectivity index (χ1v) is 9.94. The number of aryl methyl sites for hydroxylation is 2.